The molecule has 1 atom stereocenters. The van der Waals surface area contributed by atoms with E-state index < -0.39 is 0 Å². The zero-order valence-electron chi connectivity index (χ0n) is 21.6. The van der Waals surface area contributed by atoms with Crippen molar-refractivity contribution in [1.29, 1.82) is 0 Å². The molecule has 5 heterocycles. The van der Waals surface area contributed by atoms with Crippen LogP contribution in [0.25, 0.3) is 16.6 Å². The van der Waals surface area contributed by atoms with Gasteiger partial charge in [-0.05, 0) is 63.1 Å². The minimum absolute atomic E-state index is 0.232. The third kappa shape index (κ3) is 4.72. The molecular weight excluding hydrogens is 478 g/mol. The number of carbonyl (C=O) groups excluding carboxylic acids is 1. The molecule has 2 N–H and O–H groups in total. The molecule has 1 amide bonds. The standard InChI is InChI=1S/C29H31N7O2/c1-3-23-28-24(10-5-11-25(28)36(34-23)17-20-8-4-7-19(2)32-20)33-29(37)26-16-31-27-15-22(12-14-35(26)27)38-18-21-9-6-13-30-21/h4-5,7-8,10-12,14-16,21,30H,3,6,9,13,17-18H2,1-2H3,(H,33,37). The second-order valence-corrected chi connectivity index (χ2v) is 9.72. The number of benzene rings is 1. The molecule has 0 bridgehead atoms. The summed E-state index contributed by atoms with van der Waals surface area (Å²) < 4.78 is 9.70. The van der Waals surface area contributed by atoms with Crippen LogP contribution in [-0.4, -0.2) is 49.2 Å². The zero-order chi connectivity index (χ0) is 26.1. The number of ether oxygens (including phenoxy) is 1. The highest BCUT2D eigenvalue weighted by molar-refractivity contribution is 6.08. The molecule has 9 nitrogen and oxygen atoms in total. The first-order valence-corrected chi connectivity index (χ1v) is 13.1. The second-order valence-electron chi connectivity index (χ2n) is 9.72. The fourth-order valence-electron chi connectivity index (χ4n) is 5.12. The van der Waals surface area contributed by atoms with Crippen LogP contribution >= 0.6 is 0 Å². The van der Waals surface area contributed by atoms with Crippen molar-refractivity contribution in [3.8, 4) is 5.75 Å². The summed E-state index contributed by atoms with van der Waals surface area (Å²) in [5.74, 6) is 0.514. The molecule has 4 aromatic heterocycles. The van der Waals surface area contributed by atoms with Crippen molar-refractivity contribution in [2.24, 2.45) is 0 Å². The summed E-state index contributed by atoms with van der Waals surface area (Å²) >= 11 is 0. The molecule has 0 aliphatic carbocycles. The van der Waals surface area contributed by atoms with E-state index in [0.29, 0.717) is 30.5 Å². The number of aryl methyl sites for hydroxylation is 2. The first-order valence-electron chi connectivity index (χ1n) is 13.1. The van der Waals surface area contributed by atoms with Gasteiger partial charge < -0.3 is 15.4 Å². The van der Waals surface area contributed by atoms with E-state index in [9.17, 15) is 4.79 Å². The molecule has 1 aromatic carbocycles. The van der Waals surface area contributed by atoms with E-state index >= 15 is 0 Å². The average Bonchev–Trinajstić information content (AvgIpc) is 3.67. The summed E-state index contributed by atoms with van der Waals surface area (Å²) in [6.07, 6.45) is 6.49. The van der Waals surface area contributed by atoms with E-state index in [2.05, 4.69) is 27.5 Å². The molecule has 1 aliphatic heterocycles. The third-order valence-electron chi connectivity index (χ3n) is 7.02. The Morgan fingerprint density at radius 2 is 2.11 bits per heavy atom. The number of pyridine rings is 2. The van der Waals surface area contributed by atoms with Crippen LogP contribution < -0.4 is 15.4 Å². The summed E-state index contributed by atoms with van der Waals surface area (Å²) in [5.41, 5.74) is 5.65. The number of hydrogen-bond donors (Lipinski definition) is 2. The molecule has 1 saturated heterocycles. The van der Waals surface area contributed by atoms with Gasteiger partial charge in [-0.2, -0.15) is 5.10 Å². The van der Waals surface area contributed by atoms with E-state index in [0.717, 1.165) is 58.8 Å². The van der Waals surface area contributed by atoms with Crippen molar-refractivity contribution in [3.63, 3.8) is 0 Å². The smallest absolute Gasteiger partial charge is 0.274 e. The fraction of sp³-hybridized carbons (Fsp3) is 0.310. The Morgan fingerprint density at radius 1 is 1.21 bits per heavy atom. The van der Waals surface area contributed by atoms with Crippen LogP contribution in [0.3, 0.4) is 0 Å². The van der Waals surface area contributed by atoms with Crippen LogP contribution in [0.15, 0.2) is 60.9 Å². The van der Waals surface area contributed by atoms with Gasteiger partial charge >= 0.3 is 0 Å². The number of anilines is 1. The Hall–Kier alpha value is -4.24. The molecule has 0 spiro atoms. The quantitative estimate of drug-likeness (QED) is 0.322. The lowest BCUT2D eigenvalue weighted by Gasteiger charge is -2.12. The highest BCUT2D eigenvalue weighted by Gasteiger charge is 2.19. The third-order valence-corrected chi connectivity index (χ3v) is 7.02. The fourth-order valence-corrected chi connectivity index (χ4v) is 5.12. The summed E-state index contributed by atoms with van der Waals surface area (Å²) in [7, 11) is 0. The van der Waals surface area contributed by atoms with Gasteiger partial charge in [0, 0.05) is 29.4 Å². The topological polar surface area (TPSA) is 98.4 Å². The minimum Gasteiger partial charge on any atom is -0.492 e. The van der Waals surface area contributed by atoms with Gasteiger partial charge in [-0.25, -0.2) is 4.98 Å². The van der Waals surface area contributed by atoms with Crippen molar-refractivity contribution in [2.45, 2.75) is 45.7 Å². The minimum atomic E-state index is -0.232. The average molecular weight is 510 g/mol. The Balaban J connectivity index is 1.25. The summed E-state index contributed by atoms with van der Waals surface area (Å²) in [4.78, 5) is 22.5. The highest BCUT2D eigenvalue weighted by atomic mass is 16.5. The maximum atomic E-state index is 13.4. The van der Waals surface area contributed by atoms with Crippen molar-refractivity contribution >= 4 is 28.1 Å². The van der Waals surface area contributed by atoms with Crippen LogP contribution in [-0.2, 0) is 13.0 Å². The molecule has 9 heteroatoms. The molecule has 194 valence electrons. The van der Waals surface area contributed by atoms with Gasteiger partial charge in [0.2, 0.25) is 0 Å². The maximum absolute atomic E-state index is 13.4. The lowest BCUT2D eigenvalue weighted by Crippen LogP contribution is -2.28. The Labute approximate surface area is 220 Å². The Kier molecular flexibility index (Phi) is 6.51. The van der Waals surface area contributed by atoms with Gasteiger partial charge in [-0.15, -0.1) is 0 Å². The van der Waals surface area contributed by atoms with Crippen molar-refractivity contribution in [3.05, 3.63) is 83.7 Å². The second kappa shape index (κ2) is 10.3. The van der Waals surface area contributed by atoms with Gasteiger partial charge in [-0.1, -0.05) is 19.1 Å². The molecule has 0 radical (unpaired) electrons. The molecule has 5 aromatic rings. The number of amides is 1. The van der Waals surface area contributed by atoms with Gasteiger partial charge in [0.05, 0.1) is 35.3 Å². The molecule has 1 fully saturated rings. The van der Waals surface area contributed by atoms with E-state index in [1.807, 2.05) is 66.3 Å². The lowest BCUT2D eigenvalue weighted by atomic mass is 10.1. The van der Waals surface area contributed by atoms with Gasteiger partial charge in [-0.3, -0.25) is 18.9 Å². The summed E-state index contributed by atoms with van der Waals surface area (Å²) in [6.45, 7) is 6.29. The molecule has 6 rings (SSSR count). The van der Waals surface area contributed by atoms with E-state index in [1.54, 1.807) is 10.6 Å². The maximum Gasteiger partial charge on any atom is 0.274 e. The zero-order valence-corrected chi connectivity index (χ0v) is 21.6. The molecule has 0 saturated carbocycles. The van der Waals surface area contributed by atoms with Crippen LogP contribution in [0.2, 0.25) is 0 Å². The molecule has 1 aliphatic rings. The van der Waals surface area contributed by atoms with Crippen molar-refractivity contribution in [1.82, 2.24) is 29.5 Å². The van der Waals surface area contributed by atoms with E-state index in [4.69, 9.17) is 9.84 Å². The van der Waals surface area contributed by atoms with Crippen LogP contribution in [0.4, 0.5) is 5.69 Å². The summed E-state index contributed by atoms with van der Waals surface area (Å²) in [5, 5.41) is 12.3. The van der Waals surface area contributed by atoms with Crippen LogP contribution in [0.1, 0.15) is 47.3 Å². The van der Waals surface area contributed by atoms with Gasteiger partial charge in [0.1, 0.15) is 23.7 Å². The highest BCUT2D eigenvalue weighted by Crippen LogP contribution is 2.29. The molecule has 1 unspecified atom stereocenters. The number of carbonyl (C=O) groups is 1. The van der Waals surface area contributed by atoms with Crippen LogP contribution in [0, 0.1) is 6.92 Å². The molecule has 38 heavy (non-hydrogen) atoms. The first-order chi connectivity index (χ1) is 18.6. The van der Waals surface area contributed by atoms with E-state index in [1.165, 1.54) is 6.42 Å². The Bertz CT molecular complexity index is 1610. The largest absolute Gasteiger partial charge is 0.492 e. The monoisotopic (exact) mass is 509 g/mol. The SMILES string of the molecule is CCc1nn(Cc2cccc(C)n2)c2cccc(NC(=O)c3cnc4cc(OCC5CCCN5)ccn34)c12. The van der Waals surface area contributed by atoms with Crippen molar-refractivity contribution < 1.29 is 9.53 Å². The van der Waals surface area contributed by atoms with E-state index in [-0.39, 0.29) is 5.91 Å². The number of nitrogens with one attached hydrogen (secondary N) is 2. The number of imidazole rings is 1. The number of aromatic nitrogens is 5. The number of rotatable bonds is 8. The number of nitrogens with zero attached hydrogens (tertiary/aromatic N) is 5. The number of hydrogen-bond acceptors (Lipinski definition) is 6. The van der Waals surface area contributed by atoms with Gasteiger partial charge in [0.15, 0.2) is 0 Å². The Morgan fingerprint density at radius 3 is 2.92 bits per heavy atom. The van der Waals surface area contributed by atoms with Gasteiger partial charge in [0.25, 0.3) is 5.91 Å². The normalized spacial score (nSPS) is 15.4. The predicted molar refractivity (Wildman–Crippen MR) is 147 cm³/mol. The predicted octanol–water partition coefficient (Wildman–Crippen LogP) is 4.38. The van der Waals surface area contributed by atoms with Crippen molar-refractivity contribution in [2.75, 3.05) is 18.5 Å². The summed E-state index contributed by atoms with van der Waals surface area (Å²) in [6, 6.07) is 16.0. The van der Waals surface area contributed by atoms with Crippen LogP contribution in [0.5, 0.6) is 5.75 Å². The lowest BCUT2D eigenvalue weighted by molar-refractivity contribution is 0.102. The molecular formula is C29H31N7O2. The number of fused-ring (bicyclic) bond motifs is 2. The first kappa shape index (κ1) is 24.1.